The van der Waals surface area contributed by atoms with Crippen LogP contribution in [-0.4, -0.2) is 27.5 Å². The molecule has 1 N–H and O–H groups in total. The van der Waals surface area contributed by atoms with Crippen LogP contribution in [0.15, 0.2) is 53.5 Å². The fourth-order valence-corrected chi connectivity index (χ4v) is 3.83. The summed E-state index contributed by atoms with van der Waals surface area (Å²) < 4.78 is 77.2. The molecule has 3 nitrogen and oxygen atoms in total. The van der Waals surface area contributed by atoms with Crippen LogP contribution >= 0.6 is 24.0 Å². The summed E-state index contributed by atoms with van der Waals surface area (Å²) in [5.74, 6) is 0.586. The van der Waals surface area contributed by atoms with E-state index >= 15 is 0 Å². The first-order valence-corrected chi connectivity index (χ1v) is 9.58. The fraction of sp³-hybridized carbons (Fsp3) is 0.222. The summed E-state index contributed by atoms with van der Waals surface area (Å²) in [5.41, 5.74) is -1.38. The van der Waals surface area contributed by atoms with Crippen molar-refractivity contribution in [3.63, 3.8) is 0 Å². The number of benzene rings is 2. The SMILES string of the molecule is FC(F)(F)c1cccc(/N=C2/SCCN2C(=S)Nc2cccc(C(F)(F)F)c2)c1. The number of halogens is 6. The summed E-state index contributed by atoms with van der Waals surface area (Å²) >= 11 is 6.56. The van der Waals surface area contributed by atoms with Gasteiger partial charge in [-0.15, -0.1) is 0 Å². The summed E-state index contributed by atoms with van der Waals surface area (Å²) in [4.78, 5) is 5.77. The molecular formula is C18H13F6N3S2. The molecule has 2 aromatic rings. The lowest BCUT2D eigenvalue weighted by molar-refractivity contribution is -0.138. The topological polar surface area (TPSA) is 27.6 Å². The fourth-order valence-electron chi connectivity index (χ4n) is 2.51. The van der Waals surface area contributed by atoms with E-state index in [1.54, 1.807) is 4.90 Å². The molecule has 154 valence electrons. The summed E-state index contributed by atoms with van der Waals surface area (Å²) in [5, 5.41) is 3.21. The van der Waals surface area contributed by atoms with E-state index in [2.05, 4.69) is 10.3 Å². The van der Waals surface area contributed by atoms with Crippen molar-refractivity contribution in [1.29, 1.82) is 0 Å². The normalized spacial score (nSPS) is 16.3. The minimum Gasteiger partial charge on any atom is -0.332 e. The number of nitrogens with one attached hydrogen (secondary N) is 1. The molecule has 1 aliphatic heterocycles. The molecule has 0 spiro atoms. The first-order chi connectivity index (χ1) is 13.5. The van der Waals surface area contributed by atoms with Crippen LogP contribution in [0.2, 0.25) is 0 Å². The van der Waals surface area contributed by atoms with Crippen LogP contribution in [0, 0.1) is 0 Å². The zero-order chi connectivity index (χ0) is 21.2. The molecule has 0 aliphatic carbocycles. The molecule has 1 saturated heterocycles. The van der Waals surface area contributed by atoms with Crippen LogP contribution in [0.25, 0.3) is 0 Å². The van der Waals surface area contributed by atoms with Gasteiger partial charge in [0.2, 0.25) is 0 Å². The molecule has 0 atom stereocenters. The largest absolute Gasteiger partial charge is 0.416 e. The highest BCUT2D eigenvalue weighted by Gasteiger charge is 2.32. The van der Waals surface area contributed by atoms with Crippen molar-refractivity contribution in [1.82, 2.24) is 4.90 Å². The van der Waals surface area contributed by atoms with E-state index in [1.165, 1.54) is 36.0 Å². The maximum absolute atomic E-state index is 12.9. The van der Waals surface area contributed by atoms with Gasteiger partial charge in [-0.2, -0.15) is 26.3 Å². The number of anilines is 1. The Bertz CT molecular complexity index is 940. The predicted molar refractivity (Wildman–Crippen MR) is 105 cm³/mol. The van der Waals surface area contributed by atoms with Gasteiger partial charge in [-0.05, 0) is 48.6 Å². The van der Waals surface area contributed by atoms with Gasteiger partial charge in [-0.1, -0.05) is 23.9 Å². The van der Waals surface area contributed by atoms with E-state index in [9.17, 15) is 26.3 Å². The highest BCUT2D eigenvalue weighted by molar-refractivity contribution is 8.14. The molecule has 11 heteroatoms. The van der Waals surface area contributed by atoms with Crippen molar-refractivity contribution in [2.45, 2.75) is 12.4 Å². The van der Waals surface area contributed by atoms with E-state index in [0.717, 1.165) is 24.3 Å². The van der Waals surface area contributed by atoms with Gasteiger partial charge in [-0.25, -0.2) is 4.99 Å². The predicted octanol–water partition coefficient (Wildman–Crippen LogP) is 6.16. The molecule has 29 heavy (non-hydrogen) atoms. The Kier molecular flexibility index (Phi) is 6.08. The molecule has 0 bridgehead atoms. The van der Waals surface area contributed by atoms with Crippen LogP contribution in [0.1, 0.15) is 11.1 Å². The average molecular weight is 449 g/mol. The van der Waals surface area contributed by atoms with Gasteiger partial charge in [0.1, 0.15) is 0 Å². The Labute approximate surface area is 171 Å². The second kappa shape index (κ2) is 8.23. The molecule has 1 fully saturated rings. The second-order valence-corrected chi connectivity index (χ2v) is 7.40. The van der Waals surface area contributed by atoms with Gasteiger partial charge in [0.25, 0.3) is 0 Å². The van der Waals surface area contributed by atoms with E-state index in [1.807, 2.05) is 0 Å². The maximum Gasteiger partial charge on any atom is 0.416 e. The third-order valence-corrected chi connectivity index (χ3v) is 5.14. The number of alkyl halides is 6. The van der Waals surface area contributed by atoms with Gasteiger partial charge >= 0.3 is 12.4 Å². The zero-order valence-electron chi connectivity index (χ0n) is 14.5. The Morgan fingerprint density at radius 3 is 2.24 bits per heavy atom. The summed E-state index contributed by atoms with van der Waals surface area (Å²) in [7, 11) is 0. The first kappa shape index (κ1) is 21.4. The van der Waals surface area contributed by atoms with Gasteiger partial charge in [0, 0.05) is 18.0 Å². The number of hydrogen-bond acceptors (Lipinski definition) is 3. The van der Waals surface area contributed by atoms with Crippen molar-refractivity contribution in [3.8, 4) is 0 Å². The Morgan fingerprint density at radius 1 is 0.966 bits per heavy atom. The molecule has 2 aromatic carbocycles. The minimum atomic E-state index is -4.49. The highest BCUT2D eigenvalue weighted by Crippen LogP contribution is 2.33. The summed E-state index contributed by atoms with van der Waals surface area (Å²) in [6, 6.07) is 9.13. The standard InChI is InChI=1S/C18H13F6N3S2/c19-17(20,21)11-3-1-5-13(9-11)25-15(28)27-7-8-29-16(27)26-14-6-2-4-12(10-14)18(22,23)24/h1-6,9-10H,7-8H2,(H,25,28)/b26-16+. The van der Waals surface area contributed by atoms with E-state index in [-0.39, 0.29) is 16.5 Å². The summed E-state index contributed by atoms with van der Waals surface area (Å²) in [6.45, 7) is 0.424. The van der Waals surface area contributed by atoms with Crippen LogP contribution in [-0.2, 0) is 12.4 Å². The Morgan fingerprint density at radius 2 is 1.59 bits per heavy atom. The third-order valence-electron chi connectivity index (χ3n) is 3.86. The zero-order valence-corrected chi connectivity index (χ0v) is 16.1. The molecule has 0 amide bonds. The maximum atomic E-state index is 12.9. The Balaban J connectivity index is 1.79. The highest BCUT2D eigenvalue weighted by atomic mass is 32.2. The van der Waals surface area contributed by atoms with Crippen LogP contribution < -0.4 is 5.32 Å². The summed E-state index contributed by atoms with van der Waals surface area (Å²) in [6.07, 6.45) is -8.97. The molecule has 3 rings (SSSR count). The lowest BCUT2D eigenvalue weighted by Crippen LogP contribution is -2.35. The van der Waals surface area contributed by atoms with Crippen molar-refractivity contribution in [2.75, 3.05) is 17.6 Å². The smallest absolute Gasteiger partial charge is 0.332 e. The van der Waals surface area contributed by atoms with Gasteiger partial charge < -0.3 is 5.32 Å². The molecular weight excluding hydrogens is 436 g/mol. The molecule has 0 radical (unpaired) electrons. The lowest BCUT2D eigenvalue weighted by atomic mass is 10.2. The van der Waals surface area contributed by atoms with Crippen LogP contribution in [0.3, 0.4) is 0 Å². The molecule has 1 aliphatic rings. The molecule has 0 saturated carbocycles. The van der Waals surface area contributed by atoms with Gasteiger partial charge in [0.05, 0.1) is 16.8 Å². The lowest BCUT2D eigenvalue weighted by Gasteiger charge is -2.20. The first-order valence-electron chi connectivity index (χ1n) is 8.18. The van der Waals surface area contributed by atoms with Crippen molar-refractivity contribution < 1.29 is 26.3 Å². The van der Waals surface area contributed by atoms with Gasteiger partial charge in [-0.3, -0.25) is 4.90 Å². The second-order valence-electron chi connectivity index (χ2n) is 5.95. The van der Waals surface area contributed by atoms with Gasteiger partial charge in [0.15, 0.2) is 10.3 Å². The van der Waals surface area contributed by atoms with Crippen LogP contribution in [0.4, 0.5) is 37.7 Å². The number of thioether (sulfide) groups is 1. The number of hydrogen-bond donors (Lipinski definition) is 1. The number of nitrogens with zero attached hydrogens (tertiary/aromatic N) is 2. The number of rotatable bonds is 2. The quantitative estimate of drug-likeness (QED) is 0.439. The minimum absolute atomic E-state index is 0.107. The monoisotopic (exact) mass is 449 g/mol. The number of aliphatic imine (C=N–C) groups is 1. The average Bonchev–Trinajstić information content (AvgIpc) is 3.09. The van der Waals surface area contributed by atoms with E-state index in [0.29, 0.717) is 17.5 Å². The van der Waals surface area contributed by atoms with Crippen molar-refractivity contribution in [3.05, 3.63) is 59.7 Å². The Hall–Kier alpha value is -2.27. The van der Waals surface area contributed by atoms with E-state index < -0.39 is 23.5 Å². The molecule has 0 aromatic heterocycles. The van der Waals surface area contributed by atoms with Crippen molar-refractivity contribution >= 4 is 45.6 Å². The number of thiocarbonyl (C=S) groups is 1. The molecule has 1 heterocycles. The third kappa shape index (κ3) is 5.41. The number of amidine groups is 1. The molecule has 0 unspecified atom stereocenters. The van der Waals surface area contributed by atoms with Crippen LogP contribution in [0.5, 0.6) is 0 Å². The van der Waals surface area contributed by atoms with E-state index in [4.69, 9.17) is 12.2 Å². The van der Waals surface area contributed by atoms with Crippen molar-refractivity contribution in [2.24, 2.45) is 4.99 Å².